The number of nitrogens with zero attached hydrogens (tertiary/aromatic N) is 2. The lowest BCUT2D eigenvalue weighted by molar-refractivity contribution is 0.115. The second-order valence-electron chi connectivity index (χ2n) is 5.82. The summed E-state index contributed by atoms with van der Waals surface area (Å²) in [5.74, 6) is 0.420. The van der Waals surface area contributed by atoms with E-state index in [0.717, 1.165) is 45.8 Å². The molecule has 22 heavy (non-hydrogen) atoms. The highest BCUT2D eigenvalue weighted by Crippen LogP contribution is 2.29. The monoisotopic (exact) mass is 304 g/mol. The number of hydrogen-bond acceptors (Lipinski definition) is 4. The first-order chi connectivity index (χ1) is 10.8. The molecule has 1 aromatic rings. The first-order valence-corrected chi connectivity index (χ1v) is 8.12. The van der Waals surface area contributed by atoms with E-state index < -0.39 is 0 Å². The number of carbonyl (C=O) groups is 1. The van der Waals surface area contributed by atoms with Gasteiger partial charge in [-0.15, -0.1) is 0 Å². The molecule has 0 bridgehead atoms. The highest BCUT2D eigenvalue weighted by atomic mass is 16.6. The van der Waals surface area contributed by atoms with Crippen LogP contribution in [0.4, 0.5) is 10.5 Å². The maximum Gasteiger partial charge on any atom is 0.409 e. The average molecular weight is 304 g/mol. The maximum absolute atomic E-state index is 11.8. The van der Waals surface area contributed by atoms with Gasteiger partial charge < -0.3 is 19.3 Å². The van der Waals surface area contributed by atoms with Crippen molar-refractivity contribution in [3.8, 4) is 0 Å². The van der Waals surface area contributed by atoms with E-state index in [-0.39, 0.29) is 6.09 Å². The normalized spacial score (nSPS) is 22.0. The van der Waals surface area contributed by atoms with Crippen molar-refractivity contribution in [3.63, 3.8) is 0 Å². The van der Waals surface area contributed by atoms with Gasteiger partial charge in [0, 0.05) is 37.8 Å². The van der Waals surface area contributed by atoms with Crippen LogP contribution < -0.4 is 4.90 Å². The van der Waals surface area contributed by atoms with Gasteiger partial charge >= 0.3 is 6.09 Å². The SMILES string of the molecule is CCOC(=O)N1CCC(c2ccc(N3CCOCC3)cc2)C1. The minimum absolute atomic E-state index is 0.185. The van der Waals surface area contributed by atoms with Crippen molar-refractivity contribution in [2.24, 2.45) is 0 Å². The molecule has 2 saturated heterocycles. The summed E-state index contributed by atoms with van der Waals surface area (Å²) in [5, 5.41) is 0. The summed E-state index contributed by atoms with van der Waals surface area (Å²) in [7, 11) is 0. The molecule has 5 nitrogen and oxygen atoms in total. The molecule has 0 saturated carbocycles. The Balaban J connectivity index is 1.60. The first kappa shape index (κ1) is 15.2. The fourth-order valence-electron chi connectivity index (χ4n) is 3.19. The van der Waals surface area contributed by atoms with E-state index >= 15 is 0 Å². The van der Waals surface area contributed by atoms with Gasteiger partial charge in [0.1, 0.15) is 0 Å². The van der Waals surface area contributed by atoms with Gasteiger partial charge in [0.05, 0.1) is 19.8 Å². The third-order valence-corrected chi connectivity index (χ3v) is 4.45. The molecule has 1 amide bonds. The lowest BCUT2D eigenvalue weighted by atomic mass is 9.98. The van der Waals surface area contributed by atoms with Gasteiger partial charge in [-0.2, -0.15) is 0 Å². The predicted octanol–water partition coefficient (Wildman–Crippen LogP) is 2.47. The third kappa shape index (κ3) is 3.35. The number of hydrogen-bond donors (Lipinski definition) is 0. The number of ether oxygens (including phenoxy) is 2. The fourth-order valence-corrected chi connectivity index (χ4v) is 3.19. The quantitative estimate of drug-likeness (QED) is 0.860. The number of amides is 1. The standard InChI is InChI=1S/C17H24N2O3/c1-2-22-17(20)19-8-7-15(13-19)14-3-5-16(6-4-14)18-9-11-21-12-10-18/h3-6,15H,2,7-13H2,1H3. The largest absolute Gasteiger partial charge is 0.450 e. The number of likely N-dealkylation sites (tertiary alicyclic amines) is 1. The molecule has 2 fully saturated rings. The number of rotatable bonds is 3. The summed E-state index contributed by atoms with van der Waals surface area (Å²) < 4.78 is 10.5. The number of anilines is 1. The van der Waals surface area contributed by atoms with Crippen LogP contribution in [0.1, 0.15) is 24.8 Å². The molecule has 1 aromatic carbocycles. The molecule has 0 spiro atoms. The molecule has 2 heterocycles. The lowest BCUT2D eigenvalue weighted by Gasteiger charge is -2.29. The van der Waals surface area contributed by atoms with Gasteiger partial charge in [0.15, 0.2) is 0 Å². The summed E-state index contributed by atoms with van der Waals surface area (Å²) in [6.07, 6.45) is 0.824. The minimum Gasteiger partial charge on any atom is -0.450 e. The van der Waals surface area contributed by atoms with Gasteiger partial charge in [0.25, 0.3) is 0 Å². The molecule has 2 aliphatic rings. The molecule has 2 aliphatic heterocycles. The molecule has 1 atom stereocenters. The summed E-state index contributed by atoms with van der Waals surface area (Å²) in [4.78, 5) is 15.9. The lowest BCUT2D eigenvalue weighted by Crippen LogP contribution is -2.36. The Morgan fingerprint density at radius 2 is 1.95 bits per heavy atom. The van der Waals surface area contributed by atoms with Gasteiger partial charge in [-0.05, 0) is 31.0 Å². The van der Waals surface area contributed by atoms with Crippen molar-refractivity contribution in [3.05, 3.63) is 29.8 Å². The second kappa shape index (κ2) is 7.01. The van der Waals surface area contributed by atoms with E-state index in [1.165, 1.54) is 11.3 Å². The van der Waals surface area contributed by atoms with Gasteiger partial charge in [-0.3, -0.25) is 0 Å². The van der Waals surface area contributed by atoms with Crippen LogP contribution >= 0.6 is 0 Å². The van der Waals surface area contributed by atoms with Crippen molar-refractivity contribution in [1.29, 1.82) is 0 Å². The predicted molar refractivity (Wildman–Crippen MR) is 85.4 cm³/mol. The smallest absolute Gasteiger partial charge is 0.409 e. The Bertz CT molecular complexity index is 497. The van der Waals surface area contributed by atoms with E-state index in [4.69, 9.17) is 9.47 Å². The van der Waals surface area contributed by atoms with E-state index in [1.54, 1.807) is 0 Å². The van der Waals surface area contributed by atoms with Crippen molar-refractivity contribution in [2.45, 2.75) is 19.3 Å². The van der Waals surface area contributed by atoms with Crippen molar-refractivity contribution >= 4 is 11.8 Å². The Labute approximate surface area is 131 Å². The van der Waals surface area contributed by atoms with Crippen LogP contribution in [0.25, 0.3) is 0 Å². The van der Waals surface area contributed by atoms with E-state index in [9.17, 15) is 4.79 Å². The molecule has 120 valence electrons. The van der Waals surface area contributed by atoms with Crippen molar-refractivity contribution in [1.82, 2.24) is 4.90 Å². The van der Waals surface area contributed by atoms with E-state index in [0.29, 0.717) is 12.5 Å². The van der Waals surface area contributed by atoms with Crippen LogP contribution in [-0.4, -0.2) is 57.0 Å². The van der Waals surface area contributed by atoms with Crippen molar-refractivity contribution < 1.29 is 14.3 Å². The summed E-state index contributed by atoms with van der Waals surface area (Å²) in [6.45, 7) is 7.35. The molecule has 0 radical (unpaired) electrons. The second-order valence-corrected chi connectivity index (χ2v) is 5.82. The fraction of sp³-hybridized carbons (Fsp3) is 0.588. The third-order valence-electron chi connectivity index (χ3n) is 4.45. The highest BCUT2D eigenvalue weighted by molar-refractivity contribution is 5.68. The summed E-state index contributed by atoms with van der Waals surface area (Å²) in [6, 6.07) is 8.77. The number of benzene rings is 1. The average Bonchev–Trinajstić information content (AvgIpc) is 3.06. The Kier molecular flexibility index (Phi) is 4.83. The van der Waals surface area contributed by atoms with Crippen LogP contribution in [0, 0.1) is 0 Å². The topological polar surface area (TPSA) is 42.0 Å². The molecule has 0 aromatic heterocycles. The summed E-state index contributed by atoms with van der Waals surface area (Å²) in [5.41, 5.74) is 2.57. The molecular formula is C17H24N2O3. The molecular weight excluding hydrogens is 280 g/mol. The Hall–Kier alpha value is -1.75. The van der Waals surface area contributed by atoms with Gasteiger partial charge in [-0.25, -0.2) is 4.79 Å². The highest BCUT2D eigenvalue weighted by Gasteiger charge is 2.28. The van der Waals surface area contributed by atoms with Crippen LogP contribution in [0.15, 0.2) is 24.3 Å². The summed E-state index contributed by atoms with van der Waals surface area (Å²) >= 11 is 0. The van der Waals surface area contributed by atoms with Gasteiger partial charge in [0.2, 0.25) is 0 Å². The van der Waals surface area contributed by atoms with Crippen LogP contribution in [0.3, 0.4) is 0 Å². The minimum atomic E-state index is -0.185. The molecule has 3 rings (SSSR count). The van der Waals surface area contributed by atoms with Crippen LogP contribution in [-0.2, 0) is 9.47 Å². The zero-order chi connectivity index (χ0) is 15.4. The van der Waals surface area contributed by atoms with E-state index in [2.05, 4.69) is 29.2 Å². The zero-order valence-corrected chi connectivity index (χ0v) is 13.2. The number of carbonyl (C=O) groups excluding carboxylic acids is 1. The van der Waals surface area contributed by atoms with Gasteiger partial charge in [-0.1, -0.05) is 12.1 Å². The zero-order valence-electron chi connectivity index (χ0n) is 13.2. The first-order valence-electron chi connectivity index (χ1n) is 8.12. The van der Waals surface area contributed by atoms with Crippen LogP contribution in [0.5, 0.6) is 0 Å². The maximum atomic E-state index is 11.8. The molecule has 0 N–H and O–H groups in total. The van der Waals surface area contributed by atoms with E-state index in [1.807, 2.05) is 11.8 Å². The number of morpholine rings is 1. The molecule has 5 heteroatoms. The Morgan fingerprint density at radius 3 is 2.64 bits per heavy atom. The molecule has 1 unspecified atom stereocenters. The molecule has 0 aliphatic carbocycles. The van der Waals surface area contributed by atoms with Crippen molar-refractivity contribution in [2.75, 3.05) is 50.9 Å². The Morgan fingerprint density at radius 1 is 1.23 bits per heavy atom. The van der Waals surface area contributed by atoms with Crippen LogP contribution in [0.2, 0.25) is 0 Å².